The zero-order chi connectivity index (χ0) is 21.0. The molecule has 2 aromatic rings. The number of hydrazone groups is 1. The predicted octanol–water partition coefficient (Wildman–Crippen LogP) is 2.37. The molecule has 0 saturated heterocycles. The first-order valence-electron chi connectivity index (χ1n) is 8.70. The maximum atomic E-state index is 12.3. The number of hydrogen-bond acceptors (Lipinski definition) is 6. The van der Waals surface area contributed by atoms with Crippen LogP contribution in [0.1, 0.15) is 12.5 Å². The first-order chi connectivity index (χ1) is 13.7. The van der Waals surface area contributed by atoms with Crippen molar-refractivity contribution in [1.82, 2.24) is 5.43 Å². The van der Waals surface area contributed by atoms with Crippen LogP contribution < -0.4 is 19.2 Å². The fourth-order valence-corrected chi connectivity index (χ4v) is 3.87. The number of fused-ring (bicyclic) bond motifs is 1. The highest BCUT2D eigenvalue weighted by Gasteiger charge is 2.21. The van der Waals surface area contributed by atoms with Crippen LogP contribution >= 0.6 is 22.6 Å². The van der Waals surface area contributed by atoms with Gasteiger partial charge in [0, 0.05) is 9.13 Å². The quantitative estimate of drug-likeness (QED) is 0.352. The summed E-state index contributed by atoms with van der Waals surface area (Å²) in [7, 11) is -3.64. The van der Waals surface area contributed by atoms with Gasteiger partial charge in [-0.05, 0) is 72.0 Å². The second-order valence-electron chi connectivity index (χ2n) is 6.34. The summed E-state index contributed by atoms with van der Waals surface area (Å²) in [4.78, 5) is 12.3. The van der Waals surface area contributed by atoms with E-state index in [-0.39, 0.29) is 6.54 Å². The number of hydrogen-bond donors (Lipinski definition) is 1. The number of anilines is 1. The number of carbonyl (C=O) groups is 1. The number of amides is 1. The van der Waals surface area contributed by atoms with E-state index in [1.807, 2.05) is 6.07 Å². The highest BCUT2D eigenvalue weighted by atomic mass is 127. The number of carbonyl (C=O) groups excluding carboxylic acids is 1. The molecule has 0 atom stereocenters. The van der Waals surface area contributed by atoms with E-state index in [1.54, 1.807) is 43.3 Å². The molecule has 1 amide bonds. The molecule has 1 N–H and O–H groups in total. The van der Waals surface area contributed by atoms with Crippen molar-refractivity contribution in [2.45, 2.75) is 6.92 Å². The molecule has 0 saturated carbocycles. The zero-order valence-electron chi connectivity index (χ0n) is 15.9. The Morgan fingerprint density at radius 1 is 1.14 bits per heavy atom. The first-order valence-corrected chi connectivity index (χ1v) is 11.6. The van der Waals surface area contributed by atoms with Crippen molar-refractivity contribution in [3.05, 3.63) is 51.6 Å². The van der Waals surface area contributed by atoms with Gasteiger partial charge in [0.25, 0.3) is 5.91 Å². The van der Waals surface area contributed by atoms with Crippen molar-refractivity contribution in [3.8, 4) is 11.5 Å². The van der Waals surface area contributed by atoms with Crippen LogP contribution in [-0.2, 0) is 14.8 Å². The standard InChI is InChI=1S/C19H20IN3O5S/c1-13(14-3-8-17-18(11-14)28-10-9-27-17)21-22-19(24)12-23(29(2,25)26)16-6-4-15(20)5-7-16/h3-8,11H,9-10,12H2,1-2H3,(H,22,24)/b21-13-. The van der Waals surface area contributed by atoms with Crippen LogP contribution in [0.25, 0.3) is 0 Å². The summed E-state index contributed by atoms with van der Waals surface area (Å²) in [5.74, 6) is 0.737. The van der Waals surface area contributed by atoms with Crippen LogP contribution in [-0.4, -0.2) is 46.1 Å². The van der Waals surface area contributed by atoms with E-state index < -0.39 is 15.9 Å². The van der Waals surface area contributed by atoms with E-state index in [1.165, 1.54) is 0 Å². The Hall–Kier alpha value is -2.34. The summed E-state index contributed by atoms with van der Waals surface area (Å²) in [6.45, 7) is 2.34. The maximum absolute atomic E-state index is 12.3. The van der Waals surface area contributed by atoms with Crippen molar-refractivity contribution < 1.29 is 22.7 Å². The Morgan fingerprint density at radius 2 is 1.79 bits per heavy atom. The van der Waals surface area contributed by atoms with E-state index in [2.05, 4.69) is 33.1 Å². The topological polar surface area (TPSA) is 97.3 Å². The number of sulfonamides is 1. The number of rotatable bonds is 6. The third kappa shape index (κ3) is 5.60. The SMILES string of the molecule is C/C(=N/NC(=O)CN(c1ccc(I)cc1)S(C)(=O)=O)c1ccc2c(c1)OCCO2. The van der Waals surface area contributed by atoms with Crippen LogP contribution in [0, 0.1) is 3.57 Å². The molecule has 0 unspecified atom stereocenters. The van der Waals surface area contributed by atoms with Gasteiger partial charge in [-0.3, -0.25) is 9.10 Å². The number of nitrogens with zero attached hydrogens (tertiary/aromatic N) is 2. The molecular formula is C19H20IN3O5S. The zero-order valence-corrected chi connectivity index (χ0v) is 18.9. The van der Waals surface area contributed by atoms with E-state index in [0.29, 0.717) is 36.1 Å². The third-order valence-corrected chi connectivity index (χ3v) is 5.97. The van der Waals surface area contributed by atoms with Crippen molar-refractivity contribution in [2.75, 3.05) is 30.3 Å². The van der Waals surface area contributed by atoms with Gasteiger partial charge in [-0.25, -0.2) is 13.8 Å². The first kappa shape index (κ1) is 21.4. The second kappa shape index (κ2) is 8.99. The van der Waals surface area contributed by atoms with Crippen LogP contribution in [0.3, 0.4) is 0 Å². The number of nitrogens with one attached hydrogen (secondary N) is 1. The Labute approximate surface area is 183 Å². The lowest BCUT2D eigenvalue weighted by Gasteiger charge is -2.21. The van der Waals surface area contributed by atoms with E-state index >= 15 is 0 Å². The summed E-state index contributed by atoms with van der Waals surface area (Å²) in [6.07, 6.45) is 1.06. The molecule has 29 heavy (non-hydrogen) atoms. The lowest BCUT2D eigenvalue weighted by atomic mass is 10.1. The normalized spacial score (nSPS) is 13.7. The molecular weight excluding hydrogens is 509 g/mol. The summed E-state index contributed by atoms with van der Waals surface area (Å²) in [6, 6.07) is 12.2. The van der Waals surface area contributed by atoms with Gasteiger partial charge in [0.1, 0.15) is 19.8 Å². The van der Waals surface area contributed by atoms with Crippen LogP contribution in [0.2, 0.25) is 0 Å². The predicted molar refractivity (Wildman–Crippen MR) is 119 cm³/mol. The molecule has 10 heteroatoms. The molecule has 1 aliphatic rings. The van der Waals surface area contributed by atoms with Crippen molar-refractivity contribution in [1.29, 1.82) is 0 Å². The number of ether oxygens (including phenoxy) is 2. The molecule has 1 heterocycles. The second-order valence-corrected chi connectivity index (χ2v) is 9.49. The highest BCUT2D eigenvalue weighted by Crippen LogP contribution is 2.30. The van der Waals surface area contributed by atoms with Gasteiger partial charge in [0.15, 0.2) is 11.5 Å². The molecule has 8 nitrogen and oxygen atoms in total. The van der Waals surface area contributed by atoms with E-state index in [4.69, 9.17) is 9.47 Å². The monoisotopic (exact) mass is 529 g/mol. The molecule has 0 radical (unpaired) electrons. The fraction of sp³-hybridized carbons (Fsp3) is 0.263. The van der Waals surface area contributed by atoms with Gasteiger partial charge in [-0.2, -0.15) is 5.10 Å². The van der Waals surface area contributed by atoms with Gasteiger partial charge in [-0.1, -0.05) is 0 Å². The van der Waals surface area contributed by atoms with Crippen molar-refractivity contribution in [3.63, 3.8) is 0 Å². The van der Waals surface area contributed by atoms with Crippen LogP contribution in [0.15, 0.2) is 47.6 Å². The summed E-state index contributed by atoms with van der Waals surface area (Å²) in [5.41, 5.74) is 4.13. The minimum Gasteiger partial charge on any atom is -0.486 e. The van der Waals surface area contributed by atoms with Crippen molar-refractivity contribution >= 4 is 49.9 Å². The van der Waals surface area contributed by atoms with Crippen LogP contribution in [0.4, 0.5) is 5.69 Å². The Morgan fingerprint density at radius 3 is 2.45 bits per heavy atom. The average Bonchev–Trinajstić information content (AvgIpc) is 2.70. The third-order valence-electron chi connectivity index (χ3n) is 4.11. The largest absolute Gasteiger partial charge is 0.486 e. The summed E-state index contributed by atoms with van der Waals surface area (Å²) >= 11 is 2.12. The molecule has 154 valence electrons. The minimum absolute atomic E-state index is 0.378. The van der Waals surface area contributed by atoms with Gasteiger partial charge < -0.3 is 9.47 Å². The maximum Gasteiger partial charge on any atom is 0.260 e. The van der Waals surface area contributed by atoms with Gasteiger partial charge in [-0.15, -0.1) is 0 Å². The molecule has 1 aliphatic heterocycles. The Bertz CT molecular complexity index is 1040. The van der Waals surface area contributed by atoms with Gasteiger partial charge in [0.05, 0.1) is 17.7 Å². The molecule has 0 aromatic heterocycles. The van der Waals surface area contributed by atoms with Crippen molar-refractivity contribution in [2.24, 2.45) is 5.10 Å². The van der Waals surface area contributed by atoms with Crippen LogP contribution in [0.5, 0.6) is 11.5 Å². The summed E-state index contributed by atoms with van der Waals surface area (Å²) < 4.78 is 37.3. The lowest BCUT2D eigenvalue weighted by molar-refractivity contribution is -0.119. The molecule has 3 rings (SSSR count). The average molecular weight is 529 g/mol. The molecule has 0 spiro atoms. The highest BCUT2D eigenvalue weighted by molar-refractivity contribution is 14.1. The molecule has 0 aliphatic carbocycles. The molecule has 0 fully saturated rings. The van der Waals surface area contributed by atoms with E-state index in [9.17, 15) is 13.2 Å². The van der Waals surface area contributed by atoms with E-state index in [0.717, 1.165) is 19.7 Å². The Kier molecular flexibility index (Phi) is 6.63. The van der Waals surface area contributed by atoms with Gasteiger partial charge in [0.2, 0.25) is 10.0 Å². The van der Waals surface area contributed by atoms with Gasteiger partial charge >= 0.3 is 0 Å². The number of benzene rings is 2. The molecule has 0 bridgehead atoms. The Balaban J connectivity index is 1.70. The minimum atomic E-state index is -3.64. The smallest absolute Gasteiger partial charge is 0.260 e. The lowest BCUT2D eigenvalue weighted by Crippen LogP contribution is -2.39. The fourth-order valence-electron chi connectivity index (χ4n) is 2.65. The number of halogens is 1. The molecule has 2 aromatic carbocycles. The summed E-state index contributed by atoms with van der Waals surface area (Å²) in [5, 5.41) is 4.08.